The number of carbonyl (C=O) groups excluding carboxylic acids is 1. The summed E-state index contributed by atoms with van der Waals surface area (Å²) >= 11 is 0. The molecule has 0 aliphatic carbocycles. The van der Waals surface area contributed by atoms with Crippen molar-refractivity contribution in [3.05, 3.63) is 122 Å². The molecular formula is C26H22F2N4O3. The predicted octanol–water partition coefficient (Wildman–Crippen LogP) is 4.10. The quantitative estimate of drug-likeness (QED) is 0.454. The van der Waals surface area contributed by atoms with Crippen LogP contribution in [0.2, 0.25) is 0 Å². The van der Waals surface area contributed by atoms with E-state index in [9.17, 15) is 23.2 Å². The van der Waals surface area contributed by atoms with Crippen LogP contribution < -0.4 is 16.6 Å². The summed E-state index contributed by atoms with van der Waals surface area (Å²) in [6.45, 7) is 3.64. The highest BCUT2D eigenvalue weighted by molar-refractivity contribution is 6.02. The van der Waals surface area contributed by atoms with Crippen molar-refractivity contribution >= 4 is 11.6 Å². The number of anilines is 1. The smallest absolute Gasteiger partial charge is 0.320 e. The highest BCUT2D eigenvalue weighted by atomic mass is 19.1. The Morgan fingerprint density at radius 1 is 0.943 bits per heavy atom. The van der Waals surface area contributed by atoms with Gasteiger partial charge in [-0.05, 0) is 53.9 Å². The maximum atomic E-state index is 14.3. The van der Waals surface area contributed by atoms with Crippen LogP contribution in [0.1, 0.15) is 41.4 Å². The minimum Gasteiger partial charge on any atom is -0.320 e. The first-order chi connectivity index (χ1) is 16.7. The average molecular weight is 476 g/mol. The summed E-state index contributed by atoms with van der Waals surface area (Å²) in [4.78, 5) is 39.4. The van der Waals surface area contributed by atoms with E-state index in [4.69, 9.17) is 0 Å². The van der Waals surface area contributed by atoms with Gasteiger partial charge < -0.3 is 5.32 Å². The zero-order valence-electron chi connectivity index (χ0n) is 19.0. The second kappa shape index (κ2) is 9.84. The summed E-state index contributed by atoms with van der Waals surface area (Å²) in [5, 5.41) is 6.53. The Bertz CT molecular complexity index is 1490. The van der Waals surface area contributed by atoms with Gasteiger partial charge in [0.2, 0.25) is 5.69 Å². The Hall–Kier alpha value is -4.40. The number of aromatic nitrogens is 3. The van der Waals surface area contributed by atoms with Gasteiger partial charge in [-0.3, -0.25) is 14.2 Å². The Balaban J connectivity index is 1.84. The van der Waals surface area contributed by atoms with Crippen LogP contribution in [0.3, 0.4) is 0 Å². The van der Waals surface area contributed by atoms with E-state index in [1.165, 1.54) is 30.3 Å². The molecule has 1 amide bonds. The van der Waals surface area contributed by atoms with E-state index in [-0.39, 0.29) is 17.2 Å². The molecule has 0 aliphatic rings. The highest BCUT2D eigenvalue weighted by Gasteiger charge is 2.21. The van der Waals surface area contributed by atoms with Gasteiger partial charge in [0, 0.05) is 11.3 Å². The van der Waals surface area contributed by atoms with Gasteiger partial charge in [0.1, 0.15) is 11.6 Å². The Kier molecular flexibility index (Phi) is 6.68. The summed E-state index contributed by atoms with van der Waals surface area (Å²) in [5.74, 6) is -1.73. The predicted molar refractivity (Wildman–Crippen MR) is 128 cm³/mol. The van der Waals surface area contributed by atoms with E-state index in [2.05, 4.69) is 10.4 Å². The van der Waals surface area contributed by atoms with Crippen molar-refractivity contribution in [3.63, 3.8) is 0 Å². The second-order valence-electron chi connectivity index (χ2n) is 8.23. The molecule has 35 heavy (non-hydrogen) atoms. The van der Waals surface area contributed by atoms with Crippen molar-refractivity contribution in [1.82, 2.24) is 14.3 Å². The molecule has 0 spiro atoms. The van der Waals surface area contributed by atoms with Crippen LogP contribution in [-0.4, -0.2) is 20.3 Å². The second-order valence-corrected chi connectivity index (χ2v) is 8.23. The average Bonchev–Trinajstić information content (AvgIpc) is 2.84. The molecule has 0 atom stereocenters. The van der Waals surface area contributed by atoms with Gasteiger partial charge in [0.25, 0.3) is 11.5 Å². The van der Waals surface area contributed by atoms with Crippen molar-refractivity contribution < 1.29 is 13.6 Å². The normalized spacial score (nSPS) is 11.0. The van der Waals surface area contributed by atoms with E-state index in [1.54, 1.807) is 18.2 Å². The molecular weight excluding hydrogens is 454 g/mol. The van der Waals surface area contributed by atoms with Gasteiger partial charge in [-0.25, -0.2) is 13.6 Å². The SMILES string of the molecule is CC(C)c1ccc(-n2nc(C(=O)Nc3ccc(F)cc3)c(=O)n(Cc3ccccc3F)c2=O)cc1. The molecule has 1 aromatic heterocycles. The molecule has 4 aromatic rings. The molecule has 0 radical (unpaired) electrons. The lowest BCUT2D eigenvalue weighted by atomic mass is 10.0. The largest absolute Gasteiger partial charge is 0.352 e. The number of nitrogens with zero attached hydrogens (tertiary/aromatic N) is 3. The molecule has 0 unspecified atom stereocenters. The summed E-state index contributed by atoms with van der Waals surface area (Å²) in [6.07, 6.45) is 0. The van der Waals surface area contributed by atoms with Crippen molar-refractivity contribution in [1.29, 1.82) is 0 Å². The lowest BCUT2D eigenvalue weighted by Crippen LogP contribution is -2.45. The van der Waals surface area contributed by atoms with Gasteiger partial charge in [-0.2, -0.15) is 9.78 Å². The van der Waals surface area contributed by atoms with E-state index < -0.39 is 41.0 Å². The minimum atomic E-state index is -0.979. The third-order valence-corrected chi connectivity index (χ3v) is 5.47. The fourth-order valence-corrected chi connectivity index (χ4v) is 3.49. The molecule has 4 rings (SSSR count). The van der Waals surface area contributed by atoms with Crippen molar-refractivity contribution in [3.8, 4) is 5.69 Å². The molecule has 0 bridgehead atoms. The van der Waals surface area contributed by atoms with Crippen LogP contribution in [0.15, 0.2) is 82.4 Å². The lowest BCUT2D eigenvalue weighted by molar-refractivity contribution is 0.101. The fourth-order valence-electron chi connectivity index (χ4n) is 3.49. The zero-order chi connectivity index (χ0) is 25.1. The Labute approximate surface area is 199 Å². The molecule has 7 nitrogen and oxygen atoms in total. The van der Waals surface area contributed by atoms with Gasteiger partial charge in [0.15, 0.2) is 0 Å². The van der Waals surface area contributed by atoms with Gasteiger partial charge in [0.05, 0.1) is 12.2 Å². The summed E-state index contributed by atoms with van der Waals surface area (Å²) in [6, 6.07) is 17.6. The minimum absolute atomic E-state index is 0.101. The van der Waals surface area contributed by atoms with Crippen LogP contribution in [0, 0.1) is 11.6 Å². The molecule has 178 valence electrons. The van der Waals surface area contributed by atoms with E-state index in [0.29, 0.717) is 5.69 Å². The van der Waals surface area contributed by atoms with Crippen molar-refractivity contribution in [2.45, 2.75) is 26.3 Å². The topological polar surface area (TPSA) is 86.0 Å². The molecule has 1 heterocycles. The van der Waals surface area contributed by atoms with Crippen LogP contribution in [-0.2, 0) is 6.54 Å². The van der Waals surface area contributed by atoms with Crippen LogP contribution >= 0.6 is 0 Å². The summed E-state index contributed by atoms with van der Waals surface area (Å²) < 4.78 is 29.2. The van der Waals surface area contributed by atoms with Crippen molar-refractivity contribution in [2.24, 2.45) is 0 Å². The van der Waals surface area contributed by atoms with Crippen LogP contribution in [0.25, 0.3) is 5.69 Å². The van der Waals surface area contributed by atoms with Crippen molar-refractivity contribution in [2.75, 3.05) is 5.32 Å². The standard InChI is InChI=1S/C26H22F2N4O3/c1-16(2)17-7-13-21(14-8-17)32-26(35)31(15-18-5-3-4-6-22(18)28)25(34)23(30-32)24(33)29-20-11-9-19(27)10-12-20/h3-14,16H,15H2,1-2H3,(H,29,33). The molecule has 0 aliphatic heterocycles. The maximum absolute atomic E-state index is 14.3. The molecule has 0 fully saturated rings. The van der Waals surface area contributed by atoms with Gasteiger partial charge >= 0.3 is 5.69 Å². The molecule has 9 heteroatoms. The molecule has 1 N–H and O–H groups in total. The van der Waals surface area contributed by atoms with Crippen LogP contribution in [0.4, 0.5) is 14.5 Å². The first-order valence-corrected chi connectivity index (χ1v) is 10.9. The number of nitrogens with one attached hydrogen (secondary N) is 1. The number of amides is 1. The number of carbonyl (C=O) groups is 1. The highest BCUT2D eigenvalue weighted by Crippen LogP contribution is 2.16. The maximum Gasteiger partial charge on any atom is 0.352 e. The zero-order valence-corrected chi connectivity index (χ0v) is 19.0. The summed E-state index contributed by atoms with van der Waals surface area (Å²) in [5.41, 5.74) is -0.685. The number of halogens is 2. The van der Waals surface area contributed by atoms with E-state index >= 15 is 0 Å². The van der Waals surface area contributed by atoms with E-state index in [1.807, 2.05) is 26.0 Å². The first-order valence-electron chi connectivity index (χ1n) is 10.9. The third-order valence-electron chi connectivity index (χ3n) is 5.47. The van der Waals surface area contributed by atoms with Gasteiger partial charge in [-0.15, -0.1) is 0 Å². The molecule has 3 aromatic carbocycles. The van der Waals surface area contributed by atoms with Gasteiger partial charge in [-0.1, -0.05) is 44.2 Å². The summed E-state index contributed by atoms with van der Waals surface area (Å²) in [7, 11) is 0. The Morgan fingerprint density at radius 3 is 2.23 bits per heavy atom. The van der Waals surface area contributed by atoms with Crippen LogP contribution in [0.5, 0.6) is 0 Å². The monoisotopic (exact) mass is 476 g/mol. The first kappa shape index (κ1) is 23.7. The third kappa shape index (κ3) is 5.08. The lowest BCUT2D eigenvalue weighted by Gasteiger charge is -2.13. The Morgan fingerprint density at radius 2 is 1.60 bits per heavy atom. The number of benzene rings is 3. The number of hydrogen-bond acceptors (Lipinski definition) is 4. The number of rotatable bonds is 6. The van der Waals surface area contributed by atoms with E-state index in [0.717, 1.165) is 26.9 Å². The molecule has 0 saturated carbocycles. The fraction of sp³-hybridized carbons (Fsp3) is 0.154. The molecule has 0 saturated heterocycles. The number of hydrogen-bond donors (Lipinski definition) is 1.